The van der Waals surface area contributed by atoms with Crippen LogP contribution in [0.4, 0.5) is 0 Å². The van der Waals surface area contributed by atoms with Crippen LogP contribution in [0.15, 0.2) is 30.3 Å². The average molecular weight is 753 g/mol. The quantitative estimate of drug-likeness (QED) is 0.0845. The van der Waals surface area contributed by atoms with Crippen LogP contribution in [0.2, 0.25) is 0 Å². The normalized spacial score (nSPS) is 17.1. The van der Waals surface area contributed by atoms with Crippen LogP contribution in [0.3, 0.4) is 0 Å². The minimum Gasteiger partial charge on any atom is -0.350 e. The van der Waals surface area contributed by atoms with E-state index in [9.17, 15) is 38.4 Å². The second-order valence-electron chi connectivity index (χ2n) is 16.7. The lowest BCUT2D eigenvalue weighted by Crippen LogP contribution is -2.43. The SMILES string of the molecule is CC(C)(C)C(=O)[C@@H](OCNC(=O)CCC(=O)[C@H](Cc1ccccc1)NC(=O)CCC(=O)CNC(=O)CCCCCN1C(=O)CC(C(C)(C)C)C1=O)C1CC1. The number of nitrogens with one attached hydrogen (secondary N) is 3. The van der Waals surface area contributed by atoms with Crippen LogP contribution in [0, 0.1) is 22.7 Å². The molecule has 3 rings (SSSR count). The molecule has 1 heterocycles. The first-order valence-electron chi connectivity index (χ1n) is 19.3. The van der Waals surface area contributed by atoms with E-state index in [-0.39, 0.29) is 111 Å². The number of hydrogen-bond donors (Lipinski definition) is 3. The maximum absolute atomic E-state index is 13.2. The molecule has 1 saturated carbocycles. The number of likely N-dealkylation sites (tertiary alicyclic amines) is 1. The number of benzene rings is 1. The van der Waals surface area contributed by atoms with Crippen LogP contribution < -0.4 is 16.0 Å². The molecule has 13 heteroatoms. The van der Waals surface area contributed by atoms with Gasteiger partial charge >= 0.3 is 0 Å². The van der Waals surface area contributed by atoms with Crippen molar-refractivity contribution >= 4 is 46.9 Å². The molecular formula is C41H60N4O9. The number of nitrogens with zero attached hydrogens (tertiary/aromatic N) is 1. The molecular weight excluding hydrogens is 692 g/mol. The molecule has 3 N–H and O–H groups in total. The molecule has 298 valence electrons. The van der Waals surface area contributed by atoms with E-state index in [4.69, 9.17) is 4.74 Å². The van der Waals surface area contributed by atoms with Gasteiger partial charge < -0.3 is 20.7 Å². The van der Waals surface area contributed by atoms with Crippen molar-refractivity contribution in [1.29, 1.82) is 0 Å². The fraction of sp³-hybridized carbons (Fsp3) is 0.659. The highest BCUT2D eigenvalue weighted by Gasteiger charge is 2.44. The zero-order valence-electron chi connectivity index (χ0n) is 32.9. The van der Waals surface area contributed by atoms with Gasteiger partial charge in [-0.25, -0.2) is 0 Å². The Kier molecular flexibility index (Phi) is 16.7. The molecule has 0 radical (unpaired) electrons. The van der Waals surface area contributed by atoms with E-state index >= 15 is 0 Å². The highest BCUT2D eigenvalue weighted by Crippen LogP contribution is 2.38. The number of imide groups is 1. The van der Waals surface area contributed by atoms with Crippen LogP contribution in [0.5, 0.6) is 0 Å². The van der Waals surface area contributed by atoms with Gasteiger partial charge in [-0.3, -0.25) is 43.3 Å². The lowest BCUT2D eigenvalue weighted by Gasteiger charge is -2.24. The molecule has 1 saturated heterocycles. The van der Waals surface area contributed by atoms with Gasteiger partial charge in [0.2, 0.25) is 29.5 Å². The molecule has 2 fully saturated rings. The van der Waals surface area contributed by atoms with Gasteiger partial charge in [-0.05, 0) is 49.0 Å². The Morgan fingerprint density at radius 3 is 2.06 bits per heavy atom. The van der Waals surface area contributed by atoms with Crippen LogP contribution in [0.25, 0.3) is 0 Å². The molecule has 54 heavy (non-hydrogen) atoms. The first kappa shape index (κ1) is 44.1. The summed E-state index contributed by atoms with van der Waals surface area (Å²) in [5.74, 6) is -2.35. The molecule has 1 aliphatic carbocycles. The summed E-state index contributed by atoms with van der Waals surface area (Å²) in [4.78, 5) is 102. The standard InChI is InChI=1S/C41H60N4O9/c1-40(2,3)30-24-36(51)45(39(30)53)22-12-8-11-15-33(48)42-25-29(46)18-20-35(50)44-31(23-27-13-9-7-10-14-27)32(47)19-21-34(49)43-26-54-37(28-16-17-28)38(52)41(4,5)6/h7,9-10,13-14,28,30-31,37H,8,11-12,15-26H2,1-6H3,(H,42,48)(H,43,49)(H,44,50)/t30?,31-,37-/m0/s1. The van der Waals surface area contributed by atoms with E-state index in [0.29, 0.717) is 25.8 Å². The zero-order valence-corrected chi connectivity index (χ0v) is 32.9. The van der Waals surface area contributed by atoms with Gasteiger partial charge in [-0.1, -0.05) is 78.3 Å². The van der Waals surface area contributed by atoms with Crippen molar-refractivity contribution in [2.75, 3.05) is 19.8 Å². The van der Waals surface area contributed by atoms with Gasteiger partial charge in [0.05, 0.1) is 18.5 Å². The highest BCUT2D eigenvalue weighted by molar-refractivity contribution is 6.03. The lowest BCUT2D eigenvalue weighted by atomic mass is 9.80. The third-order valence-electron chi connectivity index (χ3n) is 9.87. The largest absolute Gasteiger partial charge is 0.350 e. The molecule has 1 aromatic carbocycles. The number of Topliss-reactive ketones (excluding diaryl/α,β-unsaturated/α-hetero) is 3. The summed E-state index contributed by atoms with van der Waals surface area (Å²) in [6, 6.07) is 8.22. The second kappa shape index (κ2) is 20.4. The van der Waals surface area contributed by atoms with Gasteiger partial charge in [0.1, 0.15) is 12.8 Å². The molecule has 0 aromatic heterocycles. The fourth-order valence-corrected chi connectivity index (χ4v) is 6.28. The second-order valence-corrected chi connectivity index (χ2v) is 16.7. The van der Waals surface area contributed by atoms with Crippen molar-refractivity contribution in [1.82, 2.24) is 20.9 Å². The van der Waals surface area contributed by atoms with Crippen LogP contribution in [0.1, 0.15) is 118 Å². The zero-order chi connectivity index (χ0) is 40.1. The average Bonchev–Trinajstić information content (AvgIpc) is 3.90. The monoisotopic (exact) mass is 752 g/mol. The number of rotatable bonds is 23. The van der Waals surface area contributed by atoms with Crippen LogP contribution in [-0.4, -0.2) is 83.8 Å². The number of hydrogen-bond acceptors (Lipinski definition) is 9. The topological polar surface area (TPSA) is 185 Å². The first-order chi connectivity index (χ1) is 25.4. The summed E-state index contributed by atoms with van der Waals surface area (Å²) in [5, 5.41) is 7.93. The Balaban J connectivity index is 1.35. The van der Waals surface area contributed by atoms with E-state index in [0.717, 1.165) is 18.4 Å². The summed E-state index contributed by atoms with van der Waals surface area (Å²) < 4.78 is 5.75. The van der Waals surface area contributed by atoms with Crippen molar-refractivity contribution in [3.63, 3.8) is 0 Å². The van der Waals surface area contributed by atoms with Gasteiger partial charge in [-0.2, -0.15) is 0 Å². The van der Waals surface area contributed by atoms with E-state index in [2.05, 4.69) is 16.0 Å². The smallest absolute Gasteiger partial charge is 0.233 e. The number of carbonyl (C=O) groups is 8. The highest BCUT2D eigenvalue weighted by atomic mass is 16.5. The molecule has 1 unspecified atom stereocenters. The first-order valence-corrected chi connectivity index (χ1v) is 19.3. The Hall–Kier alpha value is -4.26. The van der Waals surface area contributed by atoms with E-state index in [1.165, 1.54) is 4.90 Å². The maximum atomic E-state index is 13.2. The molecule has 2 aliphatic rings. The molecule has 1 aliphatic heterocycles. The van der Waals surface area contributed by atoms with Gasteiger partial charge in [-0.15, -0.1) is 0 Å². The predicted molar refractivity (Wildman–Crippen MR) is 201 cm³/mol. The molecule has 5 amide bonds. The van der Waals surface area contributed by atoms with Crippen molar-refractivity contribution < 1.29 is 43.1 Å². The van der Waals surface area contributed by atoms with Crippen LogP contribution >= 0.6 is 0 Å². The summed E-state index contributed by atoms with van der Waals surface area (Å²) in [5.41, 5.74) is -0.0274. The molecule has 1 aromatic rings. The lowest BCUT2D eigenvalue weighted by molar-refractivity contribution is -0.142. The summed E-state index contributed by atoms with van der Waals surface area (Å²) in [6.45, 7) is 11.3. The third kappa shape index (κ3) is 14.9. The number of carbonyl (C=O) groups excluding carboxylic acids is 8. The van der Waals surface area contributed by atoms with Gasteiger partial charge in [0, 0.05) is 50.5 Å². The molecule has 3 atom stereocenters. The summed E-state index contributed by atoms with van der Waals surface area (Å²) in [6.07, 6.45) is 3.06. The van der Waals surface area contributed by atoms with Crippen LogP contribution in [-0.2, 0) is 49.5 Å². The number of unbranched alkanes of at least 4 members (excludes halogenated alkanes) is 2. The van der Waals surface area contributed by atoms with Crippen molar-refractivity contribution in [3.8, 4) is 0 Å². The molecule has 0 spiro atoms. The number of ketones is 3. The Bertz CT molecular complexity index is 1510. The summed E-state index contributed by atoms with van der Waals surface area (Å²) >= 11 is 0. The maximum Gasteiger partial charge on any atom is 0.233 e. The predicted octanol–water partition coefficient (Wildman–Crippen LogP) is 3.99. The summed E-state index contributed by atoms with van der Waals surface area (Å²) in [7, 11) is 0. The Labute approximate surface area is 319 Å². The van der Waals surface area contributed by atoms with Crippen molar-refractivity contribution in [2.45, 2.75) is 131 Å². The Morgan fingerprint density at radius 1 is 0.796 bits per heavy atom. The Morgan fingerprint density at radius 2 is 1.44 bits per heavy atom. The molecule has 0 bridgehead atoms. The fourth-order valence-electron chi connectivity index (χ4n) is 6.28. The number of amides is 5. The van der Waals surface area contributed by atoms with E-state index in [1.807, 2.05) is 71.9 Å². The number of ether oxygens (including phenoxy) is 1. The van der Waals surface area contributed by atoms with Crippen molar-refractivity contribution in [2.24, 2.45) is 22.7 Å². The third-order valence-corrected chi connectivity index (χ3v) is 9.87. The molecule has 13 nitrogen and oxygen atoms in total. The van der Waals surface area contributed by atoms with Crippen molar-refractivity contribution in [3.05, 3.63) is 35.9 Å². The van der Waals surface area contributed by atoms with E-state index in [1.54, 1.807) is 0 Å². The van der Waals surface area contributed by atoms with Gasteiger partial charge in [0.15, 0.2) is 17.3 Å². The van der Waals surface area contributed by atoms with Gasteiger partial charge in [0.25, 0.3) is 0 Å². The minimum atomic E-state index is -0.913. The minimum absolute atomic E-state index is 0.00817. The van der Waals surface area contributed by atoms with E-state index < -0.39 is 29.4 Å².